The summed E-state index contributed by atoms with van der Waals surface area (Å²) in [6, 6.07) is 3.70. The minimum atomic E-state index is -0.562. The molecule has 0 aromatic heterocycles. The number of hydrogen-bond acceptors (Lipinski definition) is 2. The summed E-state index contributed by atoms with van der Waals surface area (Å²) in [5.41, 5.74) is 6.38. The van der Waals surface area contributed by atoms with E-state index in [0.717, 1.165) is 12.6 Å². The van der Waals surface area contributed by atoms with Crippen molar-refractivity contribution < 1.29 is 8.78 Å². The van der Waals surface area contributed by atoms with Crippen LogP contribution in [0.4, 0.5) is 8.78 Å². The Kier molecular flexibility index (Phi) is 3.74. The van der Waals surface area contributed by atoms with E-state index in [9.17, 15) is 8.78 Å². The number of benzene rings is 1. The number of halogens is 2. The Morgan fingerprint density at radius 1 is 1.47 bits per heavy atom. The van der Waals surface area contributed by atoms with Crippen LogP contribution in [0.3, 0.4) is 0 Å². The number of rotatable bonds is 3. The van der Waals surface area contributed by atoms with Crippen molar-refractivity contribution in [2.24, 2.45) is 5.73 Å². The largest absolute Gasteiger partial charge is 0.323 e. The highest BCUT2D eigenvalue weighted by atomic mass is 19.1. The Morgan fingerprint density at radius 2 is 2.24 bits per heavy atom. The van der Waals surface area contributed by atoms with Gasteiger partial charge in [0.15, 0.2) is 0 Å². The Bertz CT molecular complexity index is 395. The highest BCUT2D eigenvalue weighted by Crippen LogP contribution is 2.22. The van der Waals surface area contributed by atoms with Gasteiger partial charge in [-0.15, -0.1) is 0 Å². The smallest absolute Gasteiger partial charge is 0.130 e. The maximum Gasteiger partial charge on any atom is 0.130 e. The molecule has 0 saturated carbocycles. The Balaban J connectivity index is 2.06. The SMILES string of the molecule is CC1CCCN1CC(N)c1ccc(F)cc1F. The van der Waals surface area contributed by atoms with E-state index in [0.29, 0.717) is 18.2 Å². The van der Waals surface area contributed by atoms with Crippen molar-refractivity contribution in [1.82, 2.24) is 4.90 Å². The van der Waals surface area contributed by atoms with Crippen LogP contribution in [0.25, 0.3) is 0 Å². The topological polar surface area (TPSA) is 29.3 Å². The van der Waals surface area contributed by atoms with Gasteiger partial charge < -0.3 is 5.73 Å². The Labute approximate surface area is 100 Å². The lowest BCUT2D eigenvalue weighted by atomic mass is 10.1. The average Bonchev–Trinajstić information content (AvgIpc) is 2.64. The van der Waals surface area contributed by atoms with E-state index in [1.165, 1.54) is 25.0 Å². The maximum atomic E-state index is 13.5. The molecular weight excluding hydrogens is 222 g/mol. The lowest BCUT2D eigenvalue weighted by Crippen LogP contribution is -2.34. The molecule has 1 saturated heterocycles. The first kappa shape index (κ1) is 12.5. The van der Waals surface area contributed by atoms with E-state index in [4.69, 9.17) is 5.73 Å². The van der Waals surface area contributed by atoms with E-state index < -0.39 is 17.7 Å². The first-order valence-electron chi connectivity index (χ1n) is 6.02. The van der Waals surface area contributed by atoms with Gasteiger partial charge in [-0.2, -0.15) is 0 Å². The van der Waals surface area contributed by atoms with Crippen LogP contribution in [0, 0.1) is 11.6 Å². The fourth-order valence-electron chi connectivity index (χ4n) is 2.42. The number of hydrogen-bond donors (Lipinski definition) is 1. The lowest BCUT2D eigenvalue weighted by molar-refractivity contribution is 0.251. The predicted octanol–water partition coefficient (Wildman–Crippen LogP) is 2.45. The molecule has 1 aliphatic heterocycles. The van der Waals surface area contributed by atoms with E-state index in [-0.39, 0.29) is 0 Å². The van der Waals surface area contributed by atoms with Gasteiger partial charge >= 0.3 is 0 Å². The molecule has 1 aromatic rings. The van der Waals surface area contributed by atoms with Crippen molar-refractivity contribution in [2.75, 3.05) is 13.1 Å². The molecule has 4 heteroatoms. The van der Waals surface area contributed by atoms with E-state index in [1.54, 1.807) is 0 Å². The number of nitrogens with zero attached hydrogens (tertiary/aromatic N) is 1. The Morgan fingerprint density at radius 3 is 2.82 bits per heavy atom. The van der Waals surface area contributed by atoms with E-state index in [1.807, 2.05) is 0 Å². The second-order valence-electron chi connectivity index (χ2n) is 4.76. The van der Waals surface area contributed by atoms with Gasteiger partial charge in [-0.1, -0.05) is 6.07 Å². The summed E-state index contributed by atoms with van der Waals surface area (Å²) < 4.78 is 26.3. The molecule has 1 fully saturated rings. The molecule has 2 unspecified atom stereocenters. The monoisotopic (exact) mass is 240 g/mol. The van der Waals surface area contributed by atoms with Gasteiger partial charge in [0.1, 0.15) is 11.6 Å². The van der Waals surface area contributed by atoms with Crippen LogP contribution in [0.15, 0.2) is 18.2 Å². The van der Waals surface area contributed by atoms with Gasteiger partial charge in [0, 0.05) is 30.3 Å². The van der Waals surface area contributed by atoms with Crippen molar-refractivity contribution in [3.05, 3.63) is 35.4 Å². The molecule has 0 aliphatic carbocycles. The molecule has 2 nitrogen and oxygen atoms in total. The zero-order valence-electron chi connectivity index (χ0n) is 10.00. The first-order chi connectivity index (χ1) is 8.08. The maximum absolute atomic E-state index is 13.5. The fourth-order valence-corrected chi connectivity index (χ4v) is 2.42. The van der Waals surface area contributed by atoms with Crippen molar-refractivity contribution in [3.8, 4) is 0 Å². The van der Waals surface area contributed by atoms with Gasteiger partial charge in [-0.25, -0.2) is 8.78 Å². The van der Waals surface area contributed by atoms with E-state index in [2.05, 4.69) is 11.8 Å². The van der Waals surface area contributed by atoms with Crippen LogP contribution in [0.5, 0.6) is 0 Å². The number of likely N-dealkylation sites (tertiary alicyclic amines) is 1. The van der Waals surface area contributed by atoms with Crippen LogP contribution in [-0.2, 0) is 0 Å². The summed E-state index contributed by atoms with van der Waals surface area (Å²) in [5, 5.41) is 0. The summed E-state index contributed by atoms with van der Waals surface area (Å²) in [5.74, 6) is -1.11. The van der Waals surface area contributed by atoms with Gasteiger partial charge in [0.05, 0.1) is 0 Å². The van der Waals surface area contributed by atoms with Crippen molar-refractivity contribution in [2.45, 2.75) is 31.8 Å². The predicted molar refractivity (Wildman–Crippen MR) is 63.6 cm³/mol. The molecule has 1 aliphatic rings. The molecule has 1 heterocycles. The van der Waals surface area contributed by atoms with Crippen LogP contribution >= 0.6 is 0 Å². The first-order valence-corrected chi connectivity index (χ1v) is 6.02. The third-order valence-electron chi connectivity index (χ3n) is 3.48. The standard InChI is InChI=1S/C13H18F2N2/c1-9-3-2-6-17(9)8-13(16)11-5-4-10(14)7-12(11)15/h4-5,7,9,13H,2-3,6,8,16H2,1H3. The third kappa shape index (κ3) is 2.82. The van der Waals surface area contributed by atoms with Crippen molar-refractivity contribution >= 4 is 0 Å². The van der Waals surface area contributed by atoms with Gasteiger partial charge in [-0.3, -0.25) is 4.90 Å². The molecular formula is C13H18F2N2. The van der Waals surface area contributed by atoms with Crippen LogP contribution in [0.2, 0.25) is 0 Å². The molecule has 0 radical (unpaired) electrons. The van der Waals surface area contributed by atoms with Gasteiger partial charge in [0.2, 0.25) is 0 Å². The third-order valence-corrected chi connectivity index (χ3v) is 3.48. The second-order valence-corrected chi connectivity index (χ2v) is 4.76. The summed E-state index contributed by atoms with van der Waals surface area (Å²) in [4.78, 5) is 2.26. The van der Waals surface area contributed by atoms with Crippen LogP contribution < -0.4 is 5.73 Å². The van der Waals surface area contributed by atoms with Crippen molar-refractivity contribution in [3.63, 3.8) is 0 Å². The summed E-state index contributed by atoms with van der Waals surface area (Å²) in [6.45, 7) is 3.79. The fraction of sp³-hybridized carbons (Fsp3) is 0.538. The quantitative estimate of drug-likeness (QED) is 0.879. The Hall–Kier alpha value is -1.00. The summed E-state index contributed by atoms with van der Waals surface area (Å²) in [7, 11) is 0. The minimum absolute atomic E-state index is 0.392. The zero-order valence-corrected chi connectivity index (χ0v) is 10.00. The second kappa shape index (κ2) is 5.10. The molecule has 0 bridgehead atoms. The highest BCUT2D eigenvalue weighted by molar-refractivity contribution is 5.22. The van der Waals surface area contributed by atoms with Crippen molar-refractivity contribution in [1.29, 1.82) is 0 Å². The van der Waals surface area contributed by atoms with E-state index >= 15 is 0 Å². The zero-order chi connectivity index (χ0) is 12.4. The minimum Gasteiger partial charge on any atom is -0.323 e. The normalized spacial score (nSPS) is 22.9. The molecule has 94 valence electrons. The highest BCUT2D eigenvalue weighted by Gasteiger charge is 2.23. The lowest BCUT2D eigenvalue weighted by Gasteiger charge is -2.25. The molecule has 2 atom stereocenters. The van der Waals surface area contributed by atoms with Crippen LogP contribution in [-0.4, -0.2) is 24.0 Å². The molecule has 1 aromatic carbocycles. The average molecular weight is 240 g/mol. The number of nitrogens with two attached hydrogens (primary N) is 1. The molecule has 2 rings (SSSR count). The molecule has 0 spiro atoms. The summed E-state index contributed by atoms with van der Waals surface area (Å²) >= 11 is 0. The van der Waals surface area contributed by atoms with Gasteiger partial charge in [0.25, 0.3) is 0 Å². The molecule has 17 heavy (non-hydrogen) atoms. The van der Waals surface area contributed by atoms with Gasteiger partial charge in [-0.05, 0) is 32.4 Å². The van der Waals surface area contributed by atoms with Crippen LogP contribution in [0.1, 0.15) is 31.4 Å². The summed E-state index contributed by atoms with van der Waals surface area (Å²) in [6.07, 6.45) is 2.33. The molecule has 2 N–H and O–H groups in total. The molecule has 0 amide bonds.